The average molecular weight is 215 g/mol. The molecule has 0 aliphatic heterocycles. The number of carbonyl (C=O) groups is 2. The molecular formula is C12H9NO3. The second kappa shape index (κ2) is 4.10. The average Bonchev–Trinajstić information content (AvgIpc) is 2.32. The highest BCUT2D eigenvalue weighted by atomic mass is 16.1. The van der Waals surface area contributed by atoms with Crippen LogP contribution >= 0.6 is 0 Å². The molecular weight excluding hydrogens is 206 g/mol. The topological polar surface area (TPSA) is 56.1 Å². The van der Waals surface area contributed by atoms with Gasteiger partial charge in [0.15, 0.2) is 6.29 Å². The Morgan fingerprint density at radius 1 is 1.12 bits per heavy atom. The first kappa shape index (κ1) is 10.3. The van der Waals surface area contributed by atoms with Crippen molar-refractivity contribution >= 4 is 23.5 Å². The van der Waals surface area contributed by atoms with E-state index in [1.54, 1.807) is 24.3 Å². The molecule has 4 heteroatoms. The summed E-state index contributed by atoms with van der Waals surface area (Å²) in [5.41, 5.74) is 0.865. The van der Waals surface area contributed by atoms with Gasteiger partial charge in [0.2, 0.25) is 0 Å². The van der Waals surface area contributed by atoms with Crippen LogP contribution in [0.25, 0.3) is 10.9 Å². The fourth-order valence-corrected chi connectivity index (χ4v) is 1.72. The second-order valence-corrected chi connectivity index (χ2v) is 3.35. The van der Waals surface area contributed by atoms with Gasteiger partial charge in [-0.25, -0.2) is 0 Å². The number of benzene rings is 1. The Bertz CT molecular complexity index is 613. The summed E-state index contributed by atoms with van der Waals surface area (Å²) >= 11 is 0. The number of aldehydes is 2. The molecule has 16 heavy (non-hydrogen) atoms. The van der Waals surface area contributed by atoms with Crippen molar-refractivity contribution in [1.29, 1.82) is 0 Å². The summed E-state index contributed by atoms with van der Waals surface area (Å²) in [5, 5.41) is 0.680. The van der Waals surface area contributed by atoms with Gasteiger partial charge in [-0.1, -0.05) is 12.1 Å². The largest absolute Gasteiger partial charge is 0.301 e. The van der Waals surface area contributed by atoms with Crippen LogP contribution in [-0.4, -0.2) is 17.1 Å². The van der Waals surface area contributed by atoms with Crippen LogP contribution in [0.15, 0.2) is 35.1 Å². The molecule has 80 valence electrons. The summed E-state index contributed by atoms with van der Waals surface area (Å²) < 4.78 is 1.34. The summed E-state index contributed by atoms with van der Waals surface area (Å²) in [4.78, 5) is 32.9. The molecule has 2 aromatic rings. The quantitative estimate of drug-likeness (QED) is 0.718. The van der Waals surface area contributed by atoms with Crippen LogP contribution in [0, 0.1) is 0 Å². The minimum atomic E-state index is -0.248. The zero-order chi connectivity index (χ0) is 11.5. The van der Waals surface area contributed by atoms with Gasteiger partial charge in [-0.05, 0) is 12.1 Å². The lowest BCUT2D eigenvalue weighted by atomic mass is 10.1. The molecule has 0 saturated heterocycles. The van der Waals surface area contributed by atoms with E-state index in [1.165, 1.54) is 10.6 Å². The SMILES string of the molecule is O=CCn1c(=O)ccc2c(C=O)cccc21. The molecule has 0 unspecified atom stereocenters. The number of carbonyl (C=O) groups excluding carboxylic acids is 2. The number of nitrogens with zero attached hydrogens (tertiary/aromatic N) is 1. The predicted octanol–water partition coefficient (Wildman–Crippen LogP) is 1.01. The van der Waals surface area contributed by atoms with Crippen molar-refractivity contribution in [2.45, 2.75) is 6.54 Å². The number of fused-ring (bicyclic) bond motifs is 1. The molecule has 0 aliphatic rings. The number of hydrogen-bond donors (Lipinski definition) is 0. The fourth-order valence-electron chi connectivity index (χ4n) is 1.72. The normalized spacial score (nSPS) is 10.2. The molecule has 4 nitrogen and oxygen atoms in total. The van der Waals surface area contributed by atoms with Crippen molar-refractivity contribution < 1.29 is 9.59 Å². The minimum absolute atomic E-state index is 0.00150. The van der Waals surface area contributed by atoms with Crippen LogP contribution < -0.4 is 5.56 Å². The van der Waals surface area contributed by atoms with E-state index in [-0.39, 0.29) is 12.1 Å². The van der Waals surface area contributed by atoms with Crippen molar-refractivity contribution in [3.8, 4) is 0 Å². The summed E-state index contributed by atoms with van der Waals surface area (Å²) in [7, 11) is 0. The van der Waals surface area contributed by atoms with Crippen molar-refractivity contribution in [3.05, 3.63) is 46.2 Å². The molecule has 0 fully saturated rings. The van der Waals surface area contributed by atoms with E-state index in [0.29, 0.717) is 22.8 Å². The molecule has 0 spiro atoms. The Hall–Kier alpha value is -2.23. The van der Waals surface area contributed by atoms with Crippen molar-refractivity contribution in [3.63, 3.8) is 0 Å². The van der Waals surface area contributed by atoms with Gasteiger partial charge >= 0.3 is 0 Å². The van der Waals surface area contributed by atoms with Crippen LogP contribution in [0.4, 0.5) is 0 Å². The highest BCUT2D eigenvalue weighted by Crippen LogP contribution is 2.15. The predicted molar refractivity (Wildman–Crippen MR) is 59.7 cm³/mol. The standard InChI is InChI=1S/C12H9NO3/c14-7-6-13-11-3-1-2-9(8-15)10(11)4-5-12(13)16/h1-5,7-8H,6H2. The van der Waals surface area contributed by atoms with Crippen molar-refractivity contribution in [2.24, 2.45) is 0 Å². The Balaban J connectivity index is 2.88. The third-order valence-electron chi connectivity index (χ3n) is 2.45. The fraction of sp³-hybridized carbons (Fsp3) is 0.0833. The van der Waals surface area contributed by atoms with Crippen LogP contribution in [0.2, 0.25) is 0 Å². The van der Waals surface area contributed by atoms with Crippen LogP contribution in [0.5, 0.6) is 0 Å². The molecule has 1 aromatic carbocycles. The third kappa shape index (κ3) is 1.54. The van der Waals surface area contributed by atoms with E-state index in [9.17, 15) is 14.4 Å². The number of hydrogen-bond acceptors (Lipinski definition) is 3. The zero-order valence-electron chi connectivity index (χ0n) is 8.42. The van der Waals surface area contributed by atoms with E-state index < -0.39 is 0 Å². The number of rotatable bonds is 3. The first-order valence-corrected chi connectivity index (χ1v) is 4.79. The monoisotopic (exact) mass is 215 g/mol. The summed E-state index contributed by atoms with van der Waals surface area (Å²) in [5.74, 6) is 0. The first-order chi connectivity index (χ1) is 7.77. The van der Waals surface area contributed by atoms with Gasteiger partial charge in [-0.3, -0.25) is 9.59 Å². The maximum Gasteiger partial charge on any atom is 0.251 e. The Labute approximate surface area is 91.1 Å². The van der Waals surface area contributed by atoms with Gasteiger partial charge in [0, 0.05) is 17.0 Å². The lowest BCUT2D eigenvalue weighted by Gasteiger charge is -2.07. The summed E-state index contributed by atoms with van der Waals surface area (Å²) in [6, 6.07) is 8.03. The maximum atomic E-state index is 11.5. The summed E-state index contributed by atoms with van der Waals surface area (Å²) in [6.45, 7) is -0.00150. The molecule has 0 amide bonds. The van der Waals surface area contributed by atoms with Gasteiger partial charge in [-0.15, -0.1) is 0 Å². The Kier molecular flexibility index (Phi) is 2.64. The van der Waals surface area contributed by atoms with Crippen LogP contribution in [0.1, 0.15) is 10.4 Å². The Morgan fingerprint density at radius 2 is 1.94 bits per heavy atom. The molecule has 1 heterocycles. The van der Waals surface area contributed by atoms with E-state index in [2.05, 4.69) is 0 Å². The highest BCUT2D eigenvalue weighted by molar-refractivity contribution is 5.96. The maximum absolute atomic E-state index is 11.5. The first-order valence-electron chi connectivity index (χ1n) is 4.79. The van der Waals surface area contributed by atoms with Gasteiger partial charge in [-0.2, -0.15) is 0 Å². The van der Waals surface area contributed by atoms with E-state index in [4.69, 9.17) is 0 Å². The van der Waals surface area contributed by atoms with Gasteiger partial charge in [0.25, 0.3) is 5.56 Å². The molecule has 0 saturated carbocycles. The number of aromatic nitrogens is 1. The van der Waals surface area contributed by atoms with E-state index in [1.807, 2.05) is 0 Å². The third-order valence-corrected chi connectivity index (χ3v) is 2.45. The molecule has 0 radical (unpaired) electrons. The second-order valence-electron chi connectivity index (χ2n) is 3.35. The highest BCUT2D eigenvalue weighted by Gasteiger charge is 2.05. The van der Waals surface area contributed by atoms with Gasteiger partial charge in [0.05, 0.1) is 12.1 Å². The van der Waals surface area contributed by atoms with E-state index >= 15 is 0 Å². The minimum Gasteiger partial charge on any atom is -0.301 e. The van der Waals surface area contributed by atoms with Gasteiger partial charge < -0.3 is 9.36 Å². The molecule has 0 N–H and O–H groups in total. The molecule has 0 aliphatic carbocycles. The smallest absolute Gasteiger partial charge is 0.251 e. The Morgan fingerprint density at radius 3 is 2.62 bits per heavy atom. The lowest BCUT2D eigenvalue weighted by molar-refractivity contribution is -0.108. The van der Waals surface area contributed by atoms with Crippen LogP contribution in [0.3, 0.4) is 0 Å². The van der Waals surface area contributed by atoms with Crippen molar-refractivity contribution in [2.75, 3.05) is 0 Å². The number of pyridine rings is 1. The molecule has 1 aromatic heterocycles. The molecule has 0 bridgehead atoms. The summed E-state index contributed by atoms with van der Waals surface area (Å²) in [6.07, 6.45) is 1.40. The van der Waals surface area contributed by atoms with Crippen molar-refractivity contribution in [1.82, 2.24) is 4.57 Å². The van der Waals surface area contributed by atoms with Crippen LogP contribution in [-0.2, 0) is 11.3 Å². The molecule has 0 atom stereocenters. The van der Waals surface area contributed by atoms with Gasteiger partial charge in [0.1, 0.15) is 6.29 Å². The lowest BCUT2D eigenvalue weighted by Crippen LogP contribution is -2.20. The van der Waals surface area contributed by atoms with E-state index in [0.717, 1.165) is 6.29 Å². The molecule has 2 rings (SSSR count). The zero-order valence-corrected chi connectivity index (χ0v) is 8.42.